The minimum absolute atomic E-state index is 0.0481. The maximum atomic E-state index is 13.3. The third kappa shape index (κ3) is 11.7. The number of aliphatic carboxylic acids is 1. The second kappa shape index (κ2) is 17.4. The molecule has 0 aromatic carbocycles. The molecule has 0 radical (unpaired) electrons. The fourth-order valence-electron chi connectivity index (χ4n) is 3.71. The number of imidazole rings is 1. The van der Waals surface area contributed by atoms with Crippen LogP contribution in [-0.2, 0) is 25.6 Å². The summed E-state index contributed by atoms with van der Waals surface area (Å²) in [4.78, 5) is 57.6. The van der Waals surface area contributed by atoms with Crippen molar-refractivity contribution in [3.8, 4) is 0 Å². The number of H-pyrrole nitrogens is 1. The quantitative estimate of drug-likeness (QED) is 0.105. The van der Waals surface area contributed by atoms with Crippen LogP contribution in [0.1, 0.15) is 64.5 Å². The molecular formula is C24H44N8O5. The lowest BCUT2D eigenvalue weighted by atomic mass is 9.98. The fourth-order valence-corrected chi connectivity index (χ4v) is 3.71. The number of rotatable bonds is 19. The zero-order valence-electron chi connectivity index (χ0n) is 21.9. The van der Waals surface area contributed by atoms with Crippen LogP contribution in [0.5, 0.6) is 0 Å². The van der Waals surface area contributed by atoms with E-state index in [1.54, 1.807) is 6.92 Å². The zero-order chi connectivity index (χ0) is 27.8. The number of nitrogens with two attached hydrogens (primary N) is 3. The summed E-state index contributed by atoms with van der Waals surface area (Å²) in [6.07, 6.45) is 6.90. The van der Waals surface area contributed by atoms with Crippen molar-refractivity contribution in [2.24, 2.45) is 23.1 Å². The van der Waals surface area contributed by atoms with Gasteiger partial charge >= 0.3 is 5.97 Å². The molecule has 13 nitrogen and oxygen atoms in total. The van der Waals surface area contributed by atoms with E-state index in [9.17, 15) is 24.3 Å². The zero-order valence-corrected chi connectivity index (χ0v) is 21.9. The van der Waals surface area contributed by atoms with E-state index in [2.05, 4.69) is 25.9 Å². The largest absolute Gasteiger partial charge is 0.480 e. The Labute approximate surface area is 218 Å². The van der Waals surface area contributed by atoms with Gasteiger partial charge in [-0.15, -0.1) is 0 Å². The maximum absolute atomic E-state index is 13.3. The predicted molar refractivity (Wildman–Crippen MR) is 139 cm³/mol. The van der Waals surface area contributed by atoms with Gasteiger partial charge in [0.1, 0.15) is 18.1 Å². The summed E-state index contributed by atoms with van der Waals surface area (Å²) in [7, 11) is 0. The second-order valence-corrected chi connectivity index (χ2v) is 9.29. The molecule has 0 bridgehead atoms. The number of amides is 3. The average Bonchev–Trinajstić information content (AvgIpc) is 3.38. The SMILES string of the molecule is CCC(C)C(NC(=O)C(Cc1cnc[nH]1)NC(=O)C(CCCCN)NC(=O)C(N)CCCCN)C(=O)O. The van der Waals surface area contributed by atoms with Gasteiger partial charge in [0, 0.05) is 18.3 Å². The molecule has 0 aliphatic carbocycles. The molecule has 3 amide bonds. The first-order valence-electron chi connectivity index (χ1n) is 12.9. The summed E-state index contributed by atoms with van der Waals surface area (Å²) in [5.41, 5.74) is 17.6. The van der Waals surface area contributed by atoms with Crippen molar-refractivity contribution in [2.75, 3.05) is 13.1 Å². The molecule has 0 saturated carbocycles. The van der Waals surface area contributed by atoms with Gasteiger partial charge in [-0.1, -0.05) is 26.7 Å². The number of aromatic nitrogens is 2. The number of nitrogens with zero attached hydrogens (tertiary/aromatic N) is 1. The first kappa shape index (κ1) is 32.0. The van der Waals surface area contributed by atoms with Crippen LogP contribution < -0.4 is 33.2 Å². The Hall–Kier alpha value is -3.03. The second-order valence-electron chi connectivity index (χ2n) is 9.29. The molecule has 0 fully saturated rings. The minimum atomic E-state index is -1.16. The van der Waals surface area contributed by atoms with E-state index >= 15 is 0 Å². The van der Waals surface area contributed by atoms with Crippen molar-refractivity contribution in [3.05, 3.63) is 18.2 Å². The Kier molecular flexibility index (Phi) is 15.1. The van der Waals surface area contributed by atoms with Gasteiger partial charge in [-0.3, -0.25) is 14.4 Å². The highest BCUT2D eigenvalue weighted by Gasteiger charge is 2.32. The van der Waals surface area contributed by atoms with Crippen LogP contribution in [0.4, 0.5) is 0 Å². The normalized spacial score (nSPS) is 15.2. The first-order chi connectivity index (χ1) is 17.6. The molecule has 5 atom stereocenters. The van der Waals surface area contributed by atoms with Crippen LogP contribution in [0.25, 0.3) is 0 Å². The molecule has 1 heterocycles. The summed E-state index contributed by atoms with van der Waals surface area (Å²) in [5.74, 6) is -3.18. The van der Waals surface area contributed by atoms with Gasteiger partial charge in [0.2, 0.25) is 17.7 Å². The number of unbranched alkanes of at least 4 members (excludes halogenated alkanes) is 2. The van der Waals surface area contributed by atoms with Crippen molar-refractivity contribution in [3.63, 3.8) is 0 Å². The monoisotopic (exact) mass is 524 g/mol. The van der Waals surface area contributed by atoms with Crippen LogP contribution in [0.3, 0.4) is 0 Å². The lowest BCUT2D eigenvalue weighted by Gasteiger charge is -2.26. The van der Waals surface area contributed by atoms with Crippen molar-refractivity contribution >= 4 is 23.7 Å². The number of hydrogen-bond acceptors (Lipinski definition) is 8. The molecule has 11 N–H and O–H groups in total. The third-order valence-electron chi connectivity index (χ3n) is 6.27. The van der Waals surface area contributed by atoms with E-state index in [0.717, 1.165) is 6.42 Å². The molecule has 0 aliphatic heterocycles. The van der Waals surface area contributed by atoms with E-state index in [1.807, 2.05) is 6.92 Å². The van der Waals surface area contributed by atoms with Gasteiger partial charge in [0.15, 0.2) is 0 Å². The molecule has 5 unspecified atom stereocenters. The lowest BCUT2D eigenvalue weighted by Crippen LogP contribution is -2.58. The van der Waals surface area contributed by atoms with Gasteiger partial charge in [0.05, 0.1) is 12.4 Å². The van der Waals surface area contributed by atoms with E-state index in [0.29, 0.717) is 57.3 Å². The Balaban J connectivity index is 3.03. The fraction of sp³-hybridized carbons (Fsp3) is 0.708. The molecule has 0 saturated heterocycles. The molecule has 13 heteroatoms. The smallest absolute Gasteiger partial charge is 0.326 e. The molecule has 1 rings (SSSR count). The van der Waals surface area contributed by atoms with Crippen molar-refractivity contribution in [1.29, 1.82) is 0 Å². The van der Waals surface area contributed by atoms with E-state index in [4.69, 9.17) is 17.2 Å². The summed E-state index contributed by atoms with van der Waals surface area (Å²) < 4.78 is 0. The molecule has 0 aliphatic rings. The number of aromatic amines is 1. The molecule has 1 aromatic rings. The predicted octanol–water partition coefficient (Wildman–Crippen LogP) is -0.877. The van der Waals surface area contributed by atoms with Crippen molar-refractivity contribution < 1.29 is 24.3 Å². The van der Waals surface area contributed by atoms with Gasteiger partial charge in [0.25, 0.3) is 0 Å². The topological polar surface area (TPSA) is 231 Å². The summed E-state index contributed by atoms with van der Waals surface area (Å²) in [6, 6.07) is -3.97. The Morgan fingerprint density at radius 3 is 2.08 bits per heavy atom. The van der Waals surface area contributed by atoms with E-state index in [-0.39, 0.29) is 12.3 Å². The van der Waals surface area contributed by atoms with Crippen LogP contribution in [0.15, 0.2) is 12.5 Å². The van der Waals surface area contributed by atoms with E-state index < -0.39 is 47.9 Å². The summed E-state index contributed by atoms with van der Waals surface area (Å²) in [5, 5.41) is 17.5. The summed E-state index contributed by atoms with van der Waals surface area (Å²) >= 11 is 0. The van der Waals surface area contributed by atoms with Crippen molar-refractivity contribution in [2.45, 2.75) is 89.4 Å². The number of hydrogen-bond donors (Lipinski definition) is 8. The maximum Gasteiger partial charge on any atom is 0.326 e. The van der Waals surface area contributed by atoms with Crippen LogP contribution >= 0.6 is 0 Å². The standard InChI is InChI=1S/C24H44N8O5/c1-3-15(2)20(24(36)37)32-23(35)19(12-16-13-28-14-29-16)31-22(34)18(9-5-7-11-26)30-21(33)17(27)8-4-6-10-25/h13-15,17-20H,3-12,25-27H2,1-2H3,(H,28,29)(H,30,33)(H,31,34)(H,32,35)(H,36,37). The van der Waals surface area contributed by atoms with Crippen LogP contribution in [0.2, 0.25) is 0 Å². The summed E-state index contributed by atoms with van der Waals surface area (Å²) in [6.45, 7) is 4.48. The number of carboxylic acid groups (broad SMARTS) is 1. The minimum Gasteiger partial charge on any atom is -0.480 e. The first-order valence-corrected chi connectivity index (χ1v) is 12.9. The number of carboxylic acids is 1. The van der Waals surface area contributed by atoms with Gasteiger partial charge < -0.3 is 43.2 Å². The Morgan fingerprint density at radius 2 is 1.54 bits per heavy atom. The van der Waals surface area contributed by atoms with Crippen molar-refractivity contribution in [1.82, 2.24) is 25.9 Å². The third-order valence-corrected chi connectivity index (χ3v) is 6.27. The molecule has 1 aromatic heterocycles. The highest BCUT2D eigenvalue weighted by Crippen LogP contribution is 2.10. The Bertz CT molecular complexity index is 835. The number of carbonyl (C=O) groups is 4. The van der Waals surface area contributed by atoms with Gasteiger partial charge in [-0.05, 0) is 51.1 Å². The highest BCUT2D eigenvalue weighted by atomic mass is 16.4. The lowest BCUT2D eigenvalue weighted by molar-refractivity contribution is -0.143. The molecule has 0 spiro atoms. The molecular weight excluding hydrogens is 480 g/mol. The molecule has 37 heavy (non-hydrogen) atoms. The van der Waals surface area contributed by atoms with Gasteiger partial charge in [-0.2, -0.15) is 0 Å². The average molecular weight is 525 g/mol. The molecule has 210 valence electrons. The Morgan fingerprint density at radius 1 is 0.946 bits per heavy atom. The van der Waals surface area contributed by atoms with Gasteiger partial charge in [-0.25, -0.2) is 9.78 Å². The number of nitrogens with one attached hydrogen (secondary N) is 4. The van der Waals surface area contributed by atoms with Crippen LogP contribution in [0, 0.1) is 5.92 Å². The number of carbonyl (C=O) groups excluding carboxylic acids is 3. The highest BCUT2D eigenvalue weighted by molar-refractivity contribution is 5.94. The van der Waals surface area contributed by atoms with Crippen LogP contribution in [-0.4, -0.2) is 76.0 Å². The van der Waals surface area contributed by atoms with E-state index in [1.165, 1.54) is 12.5 Å².